The van der Waals surface area contributed by atoms with Gasteiger partial charge in [0.2, 0.25) is 0 Å². The minimum Gasteiger partial charge on any atom is -0.310 e. The molecule has 0 bridgehead atoms. The van der Waals surface area contributed by atoms with Crippen molar-refractivity contribution in [3.63, 3.8) is 0 Å². The maximum absolute atomic E-state index is 10.6. The van der Waals surface area contributed by atoms with Crippen LogP contribution in [0.4, 0.5) is 34.1 Å². The number of hydrogen-bond donors (Lipinski definition) is 0. The van der Waals surface area contributed by atoms with E-state index < -0.39 is 29.6 Å². The Kier molecular flexibility index (Phi) is 8.75. The van der Waals surface area contributed by atoms with Crippen LogP contribution in [0, 0.1) is 0 Å². The summed E-state index contributed by atoms with van der Waals surface area (Å²) in [5.74, 6) is 0. The number of aromatic nitrogens is 1. The smallest absolute Gasteiger partial charge is 0.0720 e. The van der Waals surface area contributed by atoms with Crippen molar-refractivity contribution in [3.8, 4) is 27.9 Å². The van der Waals surface area contributed by atoms with Gasteiger partial charge in [0.05, 0.1) is 26.0 Å². The Balaban J connectivity index is 1.14. The van der Waals surface area contributed by atoms with E-state index in [1.54, 1.807) is 0 Å². The van der Waals surface area contributed by atoms with Crippen LogP contribution in [0.5, 0.6) is 0 Å². The summed E-state index contributed by atoms with van der Waals surface area (Å²) in [6.45, 7) is 0. The van der Waals surface area contributed by atoms with E-state index >= 15 is 0 Å². The first-order chi connectivity index (χ1) is 39.6. The first-order valence-corrected chi connectivity index (χ1v) is 24.9. The molecule has 1 aliphatic rings. The Morgan fingerprint density at radius 1 is 0.351 bits per heavy atom. The van der Waals surface area contributed by atoms with E-state index in [0.29, 0.717) is 0 Å². The third kappa shape index (κ3) is 6.97. The largest absolute Gasteiger partial charge is 0.310 e. The molecule has 0 fully saturated rings. The molecule has 1 unspecified atom stereocenters. The van der Waals surface area contributed by atoms with Crippen LogP contribution in [-0.4, -0.2) is 4.57 Å². The normalized spacial score (nSPS) is 15.1. The molecule has 1 atom stereocenters. The highest BCUT2D eigenvalue weighted by atomic mass is 15.1. The van der Waals surface area contributed by atoms with Crippen LogP contribution >= 0.6 is 0 Å². The Morgan fingerprint density at radius 2 is 0.824 bits per heavy atom. The molecule has 3 heteroatoms. The zero-order chi connectivity index (χ0) is 55.1. The van der Waals surface area contributed by atoms with E-state index in [1.807, 2.05) is 109 Å². The van der Waals surface area contributed by atoms with Gasteiger partial charge in [-0.1, -0.05) is 194 Å². The number of rotatable bonds is 10. The van der Waals surface area contributed by atoms with E-state index in [2.05, 4.69) is 160 Å². The highest BCUT2D eigenvalue weighted by molar-refractivity contribution is 6.13. The minimum absolute atomic E-state index is 0.105. The highest BCUT2D eigenvalue weighted by Gasteiger charge is 2.48. The molecular formula is C71H49N3. The Labute approximate surface area is 441 Å². The third-order valence-electron chi connectivity index (χ3n) is 14.6. The monoisotopic (exact) mass is 950 g/mol. The van der Waals surface area contributed by atoms with Gasteiger partial charge in [-0.15, -0.1) is 0 Å². The van der Waals surface area contributed by atoms with E-state index in [0.717, 1.165) is 101 Å². The second-order valence-corrected chi connectivity index (χ2v) is 18.7. The van der Waals surface area contributed by atoms with Crippen molar-refractivity contribution in [2.45, 2.75) is 5.41 Å². The molecule has 0 spiro atoms. The fraction of sp³-hybridized carbons (Fsp3) is 0.0141. The average molecular weight is 951 g/mol. The molecule has 14 rings (SSSR count). The summed E-state index contributed by atoms with van der Waals surface area (Å²) in [5, 5.41) is 1.56. The van der Waals surface area contributed by atoms with Crippen LogP contribution in [0.2, 0.25) is 0 Å². The van der Waals surface area contributed by atoms with Gasteiger partial charge in [-0.25, -0.2) is 0 Å². The predicted octanol–water partition coefficient (Wildman–Crippen LogP) is 18.9. The molecule has 3 nitrogen and oxygen atoms in total. The molecule has 0 saturated heterocycles. The summed E-state index contributed by atoms with van der Waals surface area (Å²) in [7, 11) is 0. The lowest BCUT2D eigenvalue weighted by molar-refractivity contribution is 0.778. The van der Waals surface area contributed by atoms with Gasteiger partial charge >= 0.3 is 0 Å². The number of fused-ring (bicyclic) bond motifs is 7. The number of nitrogens with zero attached hydrogens (tertiary/aromatic N) is 3. The number of benzene rings is 12. The van der Waals surface area contributed by atoms with Crippen molar-refractivity contribution in [1.82, 2.24) is 4.57 Å². The van der Waals surface area contributed by atoms with Gasteiger partial charge < -0.3 is 14.4 Å². The maximum Gasteiger partial charge on any atom is 0.0720 e. The van der Waals surface area contributed by atoms with E-state index in [-0.39, 0.29) is 34.5 Å². The van der Waals surface area contributed by atoms with Crippen LogP contribution in [0.3, 0.4) is 0 Å². The van der Waals surface area contributed by atoms with Crippen molar-refractivity contribution in [2.75, 3.05) is 9.80 Å². The van der Waals surface area contributed by atoms with E-state index in [9.17, 15) is 5.48 Å². The summed E-state index contributed by atoms with van der Waals surface area (Å²) in [6, 6.07) is 84.4. The molecule has 348 valence electrons. The van der Waals surface area contributed by atoms with Gasteiger partial charge in [0.1, 0.15) is 0 Å². The standard InChI is InChI=1S/C71H49N3/c1-6-21-50(22-7-1)52-38-41-59(42-39-52)73(57-29-12-4-13-30-57)61-44-46-66-64(49-61)63-48-60(72(55-25-8-2-9-26-55)56-27-10-3-11-28-56)43-45-65(63)71(66,54-40-37-51-23-16-17-24-53(51)47-54)67-34-20-36-69-70(67)62-33-18-19-35-68(62)74(69)58-31-14-5-15-32-58/h1-49H/i16D,17D,23D,24D,37D,40D,47D. The molecule has 0 amide bonds. The summed E-state index contributed by atoms with van der Waals surface area (Å²) >= 11 is 0. The van der Waals surface area contributed by atoms with Crippen molar-refractivity contribution < 1.29 is 9.60 Å². The first-order valence-electron chi connectivity index (χ1n) is 28.4. The summed E-state index contributed by atoms with van der Waals surface area (Å²) in [6.07, 6.45) is 0. The van der Waals surface area contributed by atoms with Gasteiger partial charge in [-0.05, 0) is 158 Å². The molecule has 0 aliphatic heterocycles. The molecule has 74 heavy (non-hydrogen) atoms. The maximum atomic E-state index is 10.6. The van der Waals surface area contributed by atoms with Crippen molar-refractivity contribution >= 4 is 66.7 Å². The van der Waals surface area contributed by atoms with Crippen LogP contribution in [0.25, 0.3) is 60.5 Å². The van der Waals surface area contributed by atoms with Crippen molar-refractivity contribution in [3.05, 3.63) is 319 Å². The van der Waals surface area contributed by atoms with Gasteiger partial charge in [0.25, 0.3) is 0 Å². The lowest BCUT2D eigenvalue weighted by atomic mass is 9.66. The summed E-state index contributed by atoms with van der Waals surface area (Å²) in [4.78, 5) is 4.47. The molecule has 1 aromatic heterocycles. The first kappa shape index (κ1) is 36.3. The Hall–Kier alpha value is -9.70. The summed E-state index contributed by atoms with van der Waals surface area (Å²) < 4.78 is 69.5. The quantitative estimate of drug-likeness (QED) is 0.135. The van der Waals surface area contributed by atoms with Crippen molar-refractivity contribution in [1.29, 1.82) is 0 Å². The molecule has 12 aromatic carbocycles. The zero-order valence-electron chi connectivity index (χ0n) is 47.1. The van der Waals surface area contributed by atoms with E-state index in [1.165, 1.54) is 0 Å². The number of para-hydroxylation sites is 5. The molecular weight excluding hydrogens is 895 g/mol. The van der Waals surface area contributed by atoms with E-state index in [4.69, 9.17) is 4.11 Å². The SMILES string of the molecule is [2H]c1c([2H])c([2H])c2c([2H])c(C3(c4cccc5c4c4ccccc4n5-c4ccccc4)c4ccc(N(c5ccccc5)c5ccccc5)cc4-c4cc(N(c5ccccc5)c5ccc(-c6ccccc6)cc5)ccc43)c([2H])c([2H])c2c1[2H]. The fourth-order valence-electron chi connectivity index (χ4n) is 11.5. The molecule has 1 aliphatic carbocycles. The number of anilines is 6. The van der Waals surface area contributed by atoms with Gasteiger partial charge in [0.15, 0.2) is 0 Å². The van der Waals surface area contributed by atoms with Crippen LogP contribution in [0.15, 0.2) is 297 Å². The lowest BCUT2D eigenvalue weighted by Gasteiger charge is -2.35. The lowest BCUT2D eigenvalue weighted by Crippen LogP contribution is -2.29. The molecule has 0 saturated carbocycles. The van der Waals surface area contributed by atoms with Gasteiger partial charge in [0, 0.05) is 50.6 Å². The second kappa shape index (κ2) is 17.9. The Bertz CT molecular complexity index is 4560. The molecule has 0 N–H and O–H groups in total. The topological polar surface area (TPSA) is 11.4 Å². The van der Waals surface area contributed by atoms with Crippen LogP contribution in [0.1, 0.15) is 31.8 Å². The summed E-state index contributed by atoms with van der Waals surface area (Å²) in [5.41, 5.74) is 13.0. The van der Waals surface area contributed by atoms with Crippen LogP contribution in [-0.2, 0) is 5.41 Å². The zero-order valence-corrected chi connectivity index (χ0v) is 40.1. The van der Waals surface area contributed by atoms with Crippen molar-refractivity contribution in [2.24, 2.45) is 0 Å². The second-order valence-electron chi connectivity index (χ2n) is 18.7. The molecule has 1 heterocycles. The minimum atomic E-state index is -1.55. The average Bonchev–Trinajstić information content (AvgIpc) is 3.67. The molecule has 0 radical (unpaired) electrons. The van der Waals surface area contributed by atoms with Crippen LogP contribution < -0.4 is 9.80 Å². The van der Waals surface area contributed by atoms with Gasteiger partial charge in [-0.2, -0.15) is 0 Å². The van der Waals surface area contributed by atoms with Gasteiger partial charge in [-0.3, -0.25) is 0 Å². The Morgan fingerprint density at radius 3 is 1.42 bits per heavy atom. The highest BCUT2D eigenvalue weighted by Crippen LogP contribution is 2.60. The third-order valence-corrected chi connectivity index (χ3v) is 14.6. The number of hydrogen-bond acceptors (Lipinski definition) is 2. The molecule has 13 aromatic rings. The fourth-order valence-corrected chi connectivity index (χ4v) is 11.5. The predicted molar refractivity (Wildman–Crippen MR) is 310 cm³/mol.